The SMILES string of the molecule is CCCC(=O)c1cc(Cl)cc(C(=O)CC)n1. The molecule has 1 heterocycles. The number of pyridine rings is 1. The van der Waals surface area contributed by atoms with Crippen molar-refractivity contribution >= 4 is 23.2 Å². The van der Waals surface area contributed by atoms with Gasteiger partial charge in [-0.1, -0.05) is 25.4 Å². The van der Waals surface area contributed by atoms with Crippen molar-refractivity contribution in [3.8, 4) is 0 Å². The summed E-state index contributed by atoms with van der Waals surface area (Å²) in [5.74, 6) is -0.178. The number of nitrogens with zero attached hydrogens (tertiary/aromatic N) is 1. The molecule has 0 saturated heterocycles. The van der Waals surface area contributed by atoms with E-state index in [0.29, 0.717) is 17.9 Å². The quantitative estimate of drug-likeness (QED) is 0.741. The molecule has 0 amide bonds. The third-order valence-corrected chi connectivity index (χ3v) is 2.38. The van der Waals surface area contributed by atoms with Crippen LogP contribution in [0.3, 0.4) is 0 Å². The van der Waals surface area contributed by atoms with E-state index in [0.717, 1.165) is 6.42 Å². The lowest BCUT2D eigenvalue weighted by atomic mass is 10.1. The van der Waals surface area contributed by atoms with Gasteiger partial charge in [-0.05, 0) is 18.6 Å². The van der Waals surface area contributed by atoms with E-state index in [1.54, 1.807) is 6.92 Å². The molecule has 1 rings (SSSR count). The zero-order chi connectivity index (χ0) is 12.1. The summed E-state index contributed by atoms with van der Waals surface area (Å²) in [5.41, 5.74) is 0.556. The van der Waals surface area contributed by atoms with E-state index in [2.05, 4.69) is 4.98 Å². The molecule has 0 aliphatic carbocycles. The van der Waals surface area contributed by atoms with Crippen LogP contribution in [-0.4, -0.2) is 16.6 Å². The molecule has 0 radical (unpaired) electrons. The van der Waals surface area contributed by atoms with E-state index in [4.69, 9.17) is 11.6 Å². The molecule has 86 valence electrons. The van der Waals surface area contributed by atoms with Crippen molar-refractivity contribution in [3.63, 3.8) is 0 Å². The average Bonchev–Trinajstić information content (AvgIpc) is 2.27. The van der Waals surface area contributed by atoms with Crippen molar-refractivity contribution in [1.82, 2.24) is 4.98 Å². The maximum atomic E-state index is 11.6. The molecule has 0 unspecified atom stereocenters. The summed E-state index contributed by atoms with van der Waals surface area (Å²) in [4.78, 5) is 27.1. The van der Waals surface area contributed by atoms with Crippen molar-refractivity contribution in [1.29, 1.82) is 0 Å². The minimum absolute atomic E-state index is 0.0739. The second-order valence-corrected chi connectivity index (χ2v) is 3.94. The third-order valence-electron chi connectivity index (χ3n) is 2.16. The van der Waals surface area contributed by atoms with Crippen LogP contribution in [-0.2, 0) is 0 Å². The van der Waals surface area contributed by atoms with Gasteiger partial charge in [0.15, 0.2) is 11.6 Å². The van der Waals surface area contributed by atoms with Gasteiger partial charge >= 0.3 is 0 Å². The fraction of sp³-hybridized carbons (Fsp3) is 0.417. The van der Waals surface area contributed by atoms with E-state index in [9.17, 15) is 9.59 Å². The summed E-state index contributed by atoms with van der Waals surface area (Å²) >= 11 is 5.85. The largest absolute Gasteiger partial charge is 0.292 e. The molecule has 0 spiro atoms. The summed E-state index contributed by atoms with van der Waals surface area (Å²) in [6.07, 6.45) is 1.53. The predicted octanol–water partition coefficient (Wildman–Crippen LogP) is 3.31. The van der Waals surface area contributed by atoms with Crippen LogP contribution in [0.4, 0.5) is 0 Å². The molecule has 16 heavy (non-hydrogen) atoms. The molecule has 0 aliphatic rings. The fourth-order valence-corrected chi connectivity index (χ4v) is 1.53. The van der Waals surface area contributed by atoms with Gasteiger partial charge in [-0.2, -0.15) is 0 Å². The average molecular weight is 240 g/mol. The van der Waals surface area contributed by atoms with E-state index in [1.165, 1.54) is 12.1 Å². The first-order chi connectivity index (χ1) is 7.58. The van der Waals surface area contributed by atoms with Gasteiger partial charge in [0.05, 0.1) is 0 Å². The van der Waals surface area contributed by atoms with Gasteiger partial charge in [0.2, 0.25) is 0 Å². The molecule has 0 aromatic carbocycles. The predicted molar refractivity (Wildman–Crippen MR) is 63.1 cm³/mol. The lowest BCUT2D eigenvalue weighted by Crippen LogP contribution is -2.07. The molecular formula is C12H14ClNO2. The van der Waals surface area contributed by atoms with Crippen LogP contribution in [0, 0.1) is 0 Å². The van der Waals surface area contributed by atoms with Crippen molar-refractivity contribution in [2.24, 2.45) is 0 Å². The van der Waals surface area contributed by atoms with Crippen molar-refractivity contribution < 1.29 is 9.59 Å². The molecule has 0 bridgehead atoms. The Hall–Kier alpha value is -1.22. The smallest absolute Gasteiger partial charge is 0.181 e. The second kappa shape index (κ2) is 5.75. The number of carbonyl (C=O) groups excluding carboxylic acids is 2. The standard InChI is InChI=1S/C12H14ClNO2/c1-3-5-12(16)10-7-8(13)6-9(14-10)11(15)4-2/h6-7H,3-5H2,1-2H3. The van der Waals surface area contributed by atoms with Crippen molar-refractivity contribution in [2.45, 2.75) is 33.1 Å². The number of carbonyl (C=O) groups is 2. The highest BCUT2D eigenvalue weighted by molar-refractivity contribution is 6.31. The monoisotopic (exact) mass is 239 g/mol. The summed E-state index contributed by atoms with van der Waals surface area (Å²) in [6, 6.07) is 3.00. The van der Waals surface area contributed by atoms with Crippen LogP contribution in [0.2, 0.25) is 5.02 Å². The minimum Gasteiger partial charge on any atom is -0.292 e. The summed E-state index contributed by atoms with van der Waals surface area (Å²) < 4.78 is 0. The van der Waals surface area contributed by atoms with Gasteiger partial charge < -0.3 is 0 Å². The first-order valence-corrected chi connectivity index (χ1v) is 5.70. The molecule has 1 aromatic rings. The molecule has 0 fully saturated rings. The van der Waals surface area contributed by atoms with Gasteiger partial charge in [-0.25, -0.2) is 4.98 Å². The fourth-order valence-electron chi connectivity index (χ4n) is 1.32. The highest BCUT2D eigenvalue weighted by atomic mass is 35.5. The Morgan fingerprint density at radius 1 is 1.19 bits per heavy atom. The molecule has 4 heteroatoms. The Labute approximate surface area is 99.8 Å². The molecule has 3 nitrogen and oxygen atoms in total. The number of ketones is 2. The van der Waals surface area contributed by atoms with Gasteiger partial charge in [0.25, 0.3) is 0 Å². The highest BCUT2D eigenvalue weighted by Crippen LogP contribution is 2.15. The van der Waals surface area contributed by atoms with Crippen LogP contribution < -0.4 is 0 Å². The van der Waals surface area contributed by atoms with Crippen LogP contribution in [0.5, 0.6) is 0 Å². The van der Waals surface area contributed by atoms with E-state index < -0.39 is 0 Å². The molecule has 1 aromatic heterocycles. The first kappa shape index (κ1) is 12.8. The Bertz CT molecular complexity index is 415. The molecule has 0 N–H and O–H groups in total. The van der Waals surface area contributed by atoms with Gasteiger partial charge in [-0.15, -0.1) is 0 Å². The van der Waals surface area contributed by atoms with Crippen LogP contribution in [0.15, 0.2) is 12.1 Å². The zero-order valence-electron chi connectivity index (χ0n) is 9.42. The summed E-state index contributed by atoms with van der Waals surface area (Å²) in [6.45, 7) is 3.67. The lowest BCUT2D eigenvalue weighted by molar-refractivity contribution is 0.0975. The first-order valence-electron chi connectivity index (χ1n) is 5.32. The third kappa shape index (κ3) is 3.14. The Balaban J connectivity index is 3.07. The Kier molecular flexibility index (Phi) is 4.62. The molecule has 0 aliphatic heterocycles. The second-order valence-electron chi connectivity index (χ2n) is 3.51. The number of Topliss-reactive ketones (excluding diaryl/α,β-unsaturated/α-hetero) is 2. The summed E-state index contributed by atoms with van der Waals surface area (Å²) in [5, 5.41) is 0.381. The Morgan fingerprint density at radius 3 is 2.25 bits per heavy atom. The van der Waals surface area contributed by atoms with E-state index in [-0.39, 0.29) is 23.0 Å². The van der Waals surface area contributed by atoms with Crippen molar-refractivity contribution in [3.05, 3.63) is 28.5 Å². The van der Waals surface area contributed by atoms with E-state index >= 15 is 0 Å². The number of hydrogen-bond acceptors (Lipinski definition) is 3. The molecular weight excluding hydrogens is 226 g/mol. The number of aromatic nitrogens is 1. The van der Waals surface area contributed by atoms with Crippen LogP contribution in [0.25, 0.3) is 0 Å². The maximum absolute atomic E-state index is 11.6. The number of rotatable bonds is 5. The maximum Gasteiger partial charge on any atom is 0.181 e. The van der Waals surface area contributed by atoms with Gasteiger partial charge in [0, 0.05) is 17.9 Å². The lowest BCUT2D eigenvalue weighted by Gasteiger charge is -2.03. The van der Waals surface area contributed by atoms with Crippen molar-refractivity contribution in [2.75, 3.05) is 0 Å². The van der Waals surface area contributed by atoms with Crippen LogP contribution >= 0.6 is 11.6 Å². The van der Waals surface area contributed by atoms with Crippen LogP contribution in [0.1, 0.15) is 54.1 Å². The molecule has 0 atom stereocenters. The minimum atomic E-state index is -0.104. The zero-order valence-corrected chi connectivity index (χ0v) is 10.2. The highest BCUT2D eigenvalue weighted by Gasteiger charge is 2.12. The number of hydrogen-bond donors (Lipinski definition) is 0. The summed E-state index contributed by atoms with van der Waals surface area (Å²) in [7, 11) is 0. The Morgan fingerprint density at radius 2 is 1.75 bits per heavy atom. The topological polar surface area (TPSA) is 47.0 Å². The van der Waals surface area contributed by atoms with E-state index in [1.807, 2.05) is 6.92 Å². The van der Waals surface area contributed by atoms with Gasteiger partial charge in [0.1, 0.15) is 11.4 Å². The molecule has 0 saturated carbocycles. The number of halogens is 1. The normalized spacial score (nSPS) is 10.2. The van der Waals surface area contributed by atoms with Gasteiger partial charge in [-0.3, -0.25) is 9.59 Å².